The third-order valence-corrected chi connectivity index (χ3v) is 2.02. The fraction of sp³-hybridized carbons (Fsp3) is 0. The minimum absolute atomic E-state index is 0.390. The first-order valence-corrected chi connectivity index (χ1v) is 4.06. The summed E-state index contributed by atoms with van der Waals surface area (Å²) in [5.74, 6) is 0. The van der Waals surface area contributed by atoms with Crippen molar-refractivity contribution in [3.05, 3.63) is 40.4 Å². The normalized spacial score (nSPS) is 10.2. The van der Waals surface area contributed by atoms with Crippen molar-refractivity contribution in [1.82, 2.24) is 4.98 Å². The first-order valence-electron chi connectivity index (χ1n) is 3.69. The summed E-state index contributed by atoms with van der Waals surface area (Å²) in [7, 11) is 0. The molecule has 0 spiro atoms. The molecule has 3 nitrogen and oxygen atoms in total. The van der Waals surface area contributed by atoms with Crippen molar-refractivity contribution in [1.29, 1.82) is 0 Å². The Labute approximate surface area is 79.3 Å². The van der Waals surface area contributed by atoms with Gasteiger partial charge in [-0.15, -0.1) is 4.91 Å². The second-order valence-corrected chi connectivity index (χ2v) is 3.02. The smallest absolute Gasteiger partial charge is 0.118 e. The lowest BCUT2D eigenvalue weighted by Crippen LogP contribution is -1.77. The predicted molar refractivity (Wildman–Crippen MR) is 52.2 cm³/mol. The SMILES string of the molecule is O=Nc1ccnc2cc(Cl)ccc12. The largest absolute Gasteiger partial charge is 0.256 e. The van der Waals surface area contributed by atoms with Crippen molar-refractivity contribution in [2.24, 2.45) is 5.18 Å². The number of pyridine rings is 1. The van der Waals surface area contributed by atoms with Gasteiger partial charge in [-0.25, -0.2) is 0 Å². The highest BCUT2D eigenvalue weighted by molar-refractivity contribution is 6.31. The van der Waals surface area contributed by atoms with Crippen molar-refractivity contribution in [3.63, 3.8) is 0 Å². The summed E-state index contributed by atoms with van der Waals surface area (Å²) in [6.07, 6.45) is 1.54. The van der Waals surface area contributed by atoms with Crippen LogP contribution in [0, 0.1) is 4.91 Å². The maximum Gasteiger partial charge on any atom is 0.118 e. The molecular formula is C9H5ClN2O. The highest BCUT2D eigenvalue weighted by Gasteiger charge is 2.01. The van der Waals surface area contributed by atoms with Crippen molar-refractivity contribution < 1.29 is 0 Å². The summed E-state index contributed by atoms with van der Waals surface area (Å²) in [6, 6.07) is 6.72. The van der Waals surface area contributed by atoms with Crippen LogP contribution < -0.4 is 0 Å². The number of benzene rings is 1. The highest BCUT2D eigenvalue weighted by atomic mass is 35.5. The molecule has 1 aromatic heterocycles. The minimum atomic E-state index is 0.390. The Kier molecular flexibility index (Phi) is 1.94. The maximum atomic E-state index is 10.4. The van der Waals surface area contributed by atoms with Crippen LogP contribution in [0.3, 0.4) is 0 Å². The standard InChI is InChI=1S/C9H5ClN2O/c10-6-1-2-7-8(12-13)3-4-11-9(7)5-6/h1-5H. The topological polar surface area (TPSA) is 42.3 Å². The first-order chi connectivity index (χ1) is 6.31. The van der Waals surface area contributed by atoms with E-state index in [1.54, 1.807) is 24.3 Å². The van der Waals surface area contributed by atoms with Gasteiger partial charge in [-0.05, 0) is 29.4 Å². The first kappa shape index (κ1) is 8.13. The van der Waals surface area contributed by atoms with Crippen LogP contribution in [0.15, 0.2) is 35.6 Å². The lowest BCUT2D eigenvalue weighted by molar-refractivity contribution is 1.39. The molecule has 1 aromatic carbocycles. The maximum absolute atomic E-state index is 10.4. The van der Waals surface area contributed by atoms with E-state index in [0.29, 0.717) is 16.2 Å². The van der Waals surface area contributed by atoms with Gasteiger partial charge in [0.25, 0.3) is 0 Å². The summed E-state index contributed by atoms with van der Waals surface area (Å²) < 4.78 is 0. The number of aromatic nitrogens is 1. The summed E-state index contributed by atoms with van der Waals surface area (Å²) in [5, 5.41) is 4.22. The van der Waals surface area contributed by atoms with E-state index in [9.17, 15) is 4.91 Å². The molecule has 0 unspecified atom stereocenters. The highest BCUT2D eigenvalue weighted by Crippen LogP contribution is 2.25. The molecule has 0 atom stereocenters. The van der Waals surface area contributed by atoms with Gasteiger partial charge in [-0.2, -0.15) is 0 Å². The van der Waals surface area contributed by atoms with Gasteiger partial charge in [0.1, 0.15) is 5.69 Å². The average Bonchev–Trinajstić information content (AvgIpc) is 2.16. The summed E-state index contributed by atoms with van der Waals surface area (Å²) in [4.78, 5) is 14.5. The van der Waals surface area contributed by atoms with Crippen molar-refractivity contribution in [2.45, 2.75) is 0 Å². The van der Waals surface area contributed by atoms with Gasteiger partial charge in [0.15, 0.2) is 0 Å². The summed E-state index contributed by atoms with van der Waals surface area (Å²) in [5.41, 5.74) is 1.08. The third kappa shape index (κ3) is 1.38. The molecular weight excluding hydrogens is 188 g/mol. The quantitative estimate of drug-likeness (QED) is 0.651. The van der Waals surface area contributed by atoms with E-state index < -0.39 is 0 Å². The molecule has 0 bridgehead atoms. The molecule has 13 heavy (non-hydrogen) atoms. The molecule has 1 heterocycles. The zero-order valence-electron chi connectivity index (χ0n) is 6.57. The molecule has 0 saturated carbocycles. The van der Waals surface area contributed by atoms with E-state index in [-0.39, 0.29) is 0 Å². The number of halogens is 1. The number of nitrogens with zero attached hydrogens (tertiary/aromatic N) is 2. The number of rotatable bonds is 1. The van der Waals surface area contributed by atoms with Crippen LogP contribution in [0.25, 0.3) is 10.9 Å². The van der Waals surface area contributed by atoms with E-state index in [4.69, 9.17) is 11.6 Å². The molecule has 2 rings (SSSR count). The van der Waals surface area contributed by atoms with Gasteiger partial charge < -0.3 is 0 Å². The van der Waals surface area contributed by atoms with Crippen LogP contribution >= 0.6 is 11.6 Å². The fourth-order valence-electron chi connectivity index (χ4n) is 1.19. The molecule has 0 aliphatic heterocycles. The van der Waals surface area contributed by atoms with Crippen LogP contribution in [-0.2, 0) is 0 Å². The Morgan fingerprint density at radius 1 is 1.31 bits per heavy atom. The number of nitroso groups, excluding NO2 is 1. The monoisotopic (exact) mass is 192 g/mol. The second-order valence-electron chi connectivity index (χ2n) is 2.58. The number of hydrogen-bond acceptors (Lipinski definition) is 3. The molecule has 0 radical (unpaired) electrons. The van der Waals surface area contributed by atoms with Gasteiger partial charge in [0, 0.05) is 16.6 Å². The third-order valence-electron chi connectivity index (χ3n) is 1.78. The molecule has 64 valence electrons. The molecule has 0 amide bonds. The molecule has 2 aromatic rings. The van der Waals surface area contributed by atoms with Crippen molar-refractivity contribution in [3.8, 4) is 0 Å². The van der Waals surface area contributed by atoms with Gasteiger partial charge in [-0.3, -0.25) is 4.98 Å². The molecule has 0 N–H and O–H groups in total. The lowest BCUT2D eigenvalue weighted by atomic mass is 10.2. The Balaban J connectivity index is 2.84. The van der Waals surface area contributed by atoms with Crippen molar-refractivity contribution in [2.75, 3.05) is 0 Å². The zero-order valence-corrected chi connectivity index (χ0v) is 7.32. The molecule has 0 aliphatic rings. The van der Waals surface area contributed by atoms with Crippen LogP contribution in [0.5, 0.6) is 0 Å². The van der Waals surface area contributed by atoms with Gasteiger partial charge in [0.05, 0.1) is 5.52 Å². The number of fused-ring (bicyclic) bond motifs is 1. The predicted octanol–water partition coefficient (Wildman–Crippen LogP) is 3.29. The molecule has 0 aliphatic carbocycles. The van der Waals surface area contributed by atoms with Crippen LogP contribution in [0.1, 0.15) is 0 Å². The van der Waals surface area contributed by atoms with Crippen molar-refractivity contribution >= 4 is 28.2 Å². The Morgan fingerprint density at radius 3 is 2.92 bits per heavy atom. The van der Waals surface area contributed by atoms with Crippen LogP contribution in [0.4, 0.5) is 5.69 Å². The van der Waals surface area contributed by atoms with E-state index in [0.717, 1.165) is 5.39 Å². The molecule has 0 saturated heterocycles. The fourth-order valence-corrected chi connectivity index (χ4v) is 1.35. The minimum Gasteiger partial charge on any atom is -0.256 e. The van der Waals surface area contributed by atoms with Gasteiger partial charge >= 0.3 is 0 Å². The molecule has 4 heteroatoms. The summed E-state index contributed by atoms with van der Waals surface area (Å²) >= 11 is 5.77. The summed E-state index contributed by atoms with van der Waals surface area (Å²) in [6.45, 7) is 0. The lowest BCUT2D eigenvalue weighted by Gasteiger charge is -1.98. The second kappa shape index (κ2) is 3.11. The molecule has 0 fully saturated rings. The Bertz CT molecular complexity index is 470. The Morgan fingerprint density at radius 2 is 2.15 bits per heavy atom. The number of hydrogen-bond donors (Lipinski definition) is 0. The van der Waals surface area contributed by atoms with E-state index in [2.05, 4.69) is 10.2 Å². The average molecular weight is 193 g/mol. The van der Waals surface area contributed by atoms with Gasteiger partial charge in [-0.1, -0.05) is 11.6 Å². The van der Waals surface area contributed by atoms with E-state index in [1.807, 2.05) is 0 Å². The van der Waals surface area contributed by atoms with E-state index >= 15 is 0 Å². The van der Waals surface area contributed by atoms with Crippen LogP contribution in [-0.4, -0.2) is 4.98 Å². The van der Waals surface area contributed by atoms with Crippen LogP contribution in [0.2, 0.25) is 5.02 Å². The Hall–Kier alpha value is -1.48. The zero-order chi connectivity index (χ0) is 9.26. The van der Waals surface area contributed by atoms with E-state index in [1.165, 1.54) is 6.20 Å². The van der Waals surface area contributed by atoms with Gasteiger partial charge in [0.2, 0.25) is 0 Å².